The van der Waals surface area contributed by atoms with Crippen molar-refractivity contribution in [1.82, 2.24) is 0 Å². The summed E-state index contributed by atoms with van der Waals surface area (Å²) in [7, 11) is 12.6. The molecule has 0 amide bonds. The fraction of sp³-hybridized carbons (Fsp3) is 0.176. The van der Waals surface area contributed by atoms with Crippen LogP contribution in [0.1, 0.15) is 22.5 Å². The van der Waals surface area contributed by atoms with Crippen molar-refractivity contribution in [3.8, 4) is 0 Å². The maximum atomic E-state index is 2.25. The molecule has 206 valence electrons. The number of anilines is 2. The summed E-state index contributed by atoms with van der Waals surface area (Å²) in [6.07, 6.45) is 8.76. The summed E-state index contributed by atoms with van der Waals surface area (Å²) in [5.74, 6) is 0. The third-order valence-electron chi connectivity index (χ3n) is 7.22. The zero-order chi connectivity index (χ0) is 26.8. The Morgan fingerprint density at radius 2 is 0.850 bits per heavy atom. The number of aromatic nitrogens is 2. The van der Waals surface area contributed by atoms with Crippen LogP contribution in [0.5, 0.6) is 0 Å². The Balaban J connectivity index is 0.00000220. The number of nitrogens with zero attached hydrogens (tertiary/aromatic N) is 4. The van der Waals surface area contributed by atoms with Gasteiger partial charge in [-0.1, -0.05) is 48.5 Å². The maximum Gasteiger partial charge on any atom is 0.214 e. The van der Waals surface area contributed by atoms with Gasteiger partial charge in [0, 0.05) is 64.6 Å². The molecule has 5 aromatic rings. The lowest BCUT2D eigenvalue weighted by Crippen LogP contribution is -3.00. The van der Waals surface area contributed by atoms with Crippen molar-refractivity contribution in [2.24, 2.45) is 14.1 Å². The summed E-state index contributed by atoms with van der Waals surface area (Å²) in [6, 6.07) is 30.3. The summed E-state index contributed by atoms with van der Waals surface area (Å²) in [5.41, 5.74) is 9.56. The molecule has 0 aliphatic heterocycles. The molecule has 5 rings (SSSR count). The van der Waals surface area contributed by atoms with E-state index < -0.39 is 0 Å². The molecule has 2 heterocycles. The number of hydrogen-bond donors (Lipinski definition) is 0. The number of aryl methyl sites for hydroxylation is 2. The van der Waals surface area contributed by atoms with Crippen LogP contribution in [0.4, 0.5) is 11.4 Å². The Labute approximate surface area is 272 Å². The Bertz CT molecular complexity index is 1560. The van der Waals surface area contributed by atoms with E-state index in [4.69, 9.17) is 0 Å². The second-order valence-electron chi connectivity index (χ2n) is 10.2. The molecule has 0 saturated carbocycles. The highest BCUT2D eigenvalue weighted by atomic mass is 127. The number of para-hydroxylation sites is 2. The zero-order valence-electron chi connectivity index (χ0n) is 23.9. The second-order valence-corrected chi connectivity index (χ2v) is 10.2. The molecule has 0 N–H and O–H groups in total. The van der Waals surface area contributed by atoms with Crippen LogP contribution in [0.3, 0.4) is 0 Å². The fourth-order valence-electron chi connectivity index (χ4n) is 5.01. The van der Waals surface area contributed by atoms with Crippen LogP contribution in [0, 0.1) is 0 Å². The largest absolute Gasteiger partial charge is 1.00 e. The lowest BCUT2D eigenvalue weighted by molar-refractivity contribution is -0.646. The van der Waals surface area contributed by atoms with Crippen LogP contribution in [-0.4, -0.2) is 28.2 Å². The number of hydrogen-bond acceptors (Lipinski definition) is 2. The van der Waals surface area contributed by atoms with Gasteiger partial charge < -0.3 is 57.8 Å². The number of fused-ring (bicyclic) bond motifs is 2. The van der Waals surface area contributed by atoms with E-state index in [2.05, 4.69) is 170 Å². The highest BCUT2D eigenvalue weighted by molar-refractivity contribution is 5.91. The Kier molecular flexibility index (Phi) is 10.7. The van der Waals surface area contributed by atoms with E-state index in [1.807, 2.05) is 0 Å². The van der Waals surface area contributed by atoms with Crippen LogP contribution in [0.15, 0.2) is 84.9 Å². The van der Waals surface area contributed by atoms with Gasteiger partial charge in [-0.15, -0.1) is 0 Å². The number of pyridine rings is 2. The van der Waals surface area contributed by atoms with E-state index in [0.29, 0.717) is 0 Å². The second kappa shape index (κ2) is 13.6. The van der Waals surface area contributed by atoms with Gasteiger partial charge in [-0.25, -0.2) is 0 Å². The minimum Gasteiger partial charge on any atom is -1.00 e. The van der Waals surface area contributed by atoms with Gasteiger partial charge in [0.15, 0.2) is 0 Å². The average Bonchev–Trinajstić information content (AvgIpc) is 2.93. The third-order valence-corrected chi connectivity index (χ3v) is 7.22. The molecule has 0 radical (unpaired) electrons. The van der Waals surface area contributed by atoms with Crippen LogP contribution in [-0.2, 0) is 14.1 Å². The van der Waals surface area contributed by atoms with Crippen molar-refractivity contribution >= 4 is 57.5 Å². The maximum absolute atomic E-state index is 2.25. The molecule has 2 aromatic heterocycles. The average molecular weight is 754 g/mol. The molecule has 0 spiro atoms. The molecule has 6 heteroatoms. The number of halogens is 2. The van der Waals surface area contributed by atoms with Crippen molar-refractivity contribution in [3.63, 3.8) is 0 Å². The monoisotopic (exact) mass is 754 g/mol. The van der Waals surface area contributed by atoms with E-state index in [1.54, 1.807) is 0 Å². The van der Waals surface area contributed by atoms with Crippen LogP contribution in [0.25, 0.3) is 46.1 Å². The Morgan fingerprint density at radius 1 is 0.500 bits per heavy atom. The summed E-state index contributed by atoms with van der Waals surface area (Å²) in [6.45, 7) is 0. The first kappa shape index (κ1) is 31.5. The van der Waals surface area contributed by atoms with E-state index in [0.717, 1.165) is 11.4 Å². The van der Waals surface area contributed by atoms with Gasteiger partial charge in [0.2, 0.25) is 22.4 Å². The Morgan fingerprint density at radius 3 is 1.20 bits per heavy atom. The van der Waals surface area contributed by atoms with E-state index in [-0.39, 0.29) is 48.0 Å². The molecular weight excluding hydrogens is 718 g/mol. The topological polar surface area (TPSA) is 14.2 Å². The van der Waals surface area contributed by atoms with Crippen molar-refractivity contribution in [2.75, 3.05) is 38.0 Å². The standard InChI is InChI=1S/C34H36N4.2HI/c1-35(2)33-23-27(37(5)31-13-9-7-11-29(31)33)21-19-25-15-17-26(18-16-25)20-22-28-24-34(36(3)4)30-12-8-10-14-32(30)38(28)6;;/h7-24H,1-6H3;2*1H/q+2;;/p-2/b21-19+,22-20+;;. The smallest absolute Gasteiger partial charge is 0.214 e. The molecule has 0 fully saturated rings. The fourth-order valence-corrected chi connectivity index (χ4v) is 5.01. The normalized spacial score (nSPS) is 11.2. The minimum absolute atomic E-state index is 0. The minimum atomic E-state index is 0. The quantitative estimate of drug-likeness (QED) is 0.181. The number of rotatable bonds is 6. The number of benzene rings is 3. The van der Waals surface area contributed by atoms with Gasteiger partial charge in [-0.05, 0) is 35.4 Å². The van der Waals surface area contributed by atoms with E-state index in [1.165, 1.54) is 44.3 Å². The van der Waals surface area contributed by atoms with Gasteiger partial charge >= 0.3 is 0 Å². The first-order chi connectivity index (χ1) is 18.3. The predicted octanol–water partition coefficient (Wildman–Crippen LogP) is 0.123. The molecule has 0 aliphatic carbocycles. The first-order valence-corrected chi connectivity index (χ1v) is 13.0. The van der Waals surface area contributed by atoms with Crippen LogP contribution >= 0.6 is 0 Å². The van der Waals surface area contributed by atoms with E-state index in [9.17, 15) is 0 Å². The summed E-state index contributed by atoms with van der Waals surface area (Å²) < 4.78 is 4.50. The Hall–Kier alpha value is -2.98. The highest BCUT2D eigenvalue weighted by Gasteiger charge is 2.16. The molecule has 0 saturated heterocycles. The summed E-state index contributed by atoms with van der Waals surface area (Å²) in [4.78, 5) is 4.36. The lowest BCUT2D eigenvalue weighted by atomic mass is 10.1. The van der Waals surface area contributed by atoms with Gasteiger partial charge in [-0.2, -0.15) is 9.13 Å². The molecule has 0 bridgehead atoms. The predicted molar refractivity (Wildman–Crippen MR) is 163 cm³/mol. The molecule has 40 heavy (non-hydrogen) atoms. The third kappa shape index (κ3) is 6.49. The van der Waals surface area contributed by atoms with Gasteiger partial charge in [0.05, 0.1) is 22.1 Å². The van der Waals surface area contributed by atoms with Crippen LogP contribution < -0.4 is 66.9 Å². The lowest BCUT2D eigenvalue weighted by Gasteiger charge is -2.15. The highest BCUT2D eigenvalue weighted by Crippen LogP contribution is 2.26. The van der Waals surface area contributed by atoms with Gasteiger partial charge in [0.1, 0.15) is 14.1 Å². The first-order valence-electron chi connectivity index (χ1n) is 13.0. The zero-order valence-corrected chi connectivity index (χ0v) is 28.3. The summed E-state index contributed by atoms with van der Waals surface area (Å²) in [5, 5.41) is 2.51. The van der Waals surface area contributed by atoms with Crippen molar-refractivity contribution in [1.29, 1.82) is 0 Å². The molecule has 3 aromatic carbocycles. The van der Waals surface area contributed by atoms with Crippen molar-refractivity contribution in [2.45, 2.75) is 0 Å². The molecule has 0 aliphatic rings. The SMILES string of the molecule is CN(C)c1cc(/C=C/c2ccc(/C=C/c3cc(N(C)C)c4ccccc4[n+]3C)cc2)[n+](C)c2ccccc12.[I-].[I-]. The van der Waals surface area contributed by atoms with Gasteiger partial charge in [0.25, 0.3) is 0 Å². The molecule has 0 unspecified atom stereocenters. The van der Waals surface area contributed by atoms with Crippen molar-refractivity contribution in [3.05, 3.63) is 107 Å². The summed E-state index contributed by atoms with van der Waals surface area (Å²) >= 11 is 0. The van der Waals surface area contributed by atoms with Crippen molar-refractivity contribution < 1.29 is 57.1 Å². The van der Waals surface area contributed by atoms with Gasteiger partial charge in [-0.3, -0.25) is 0 Å². The van der Waals surface area contributed by atoms with E-state index >= 15 is 0 Å². The molecular formula is C34H36I2N4. The molecule has 0 atom stereocenters. The van der Waals surface area contributed by atoms with Crippen LogP contribution in [0.2, 0.25) is 0 Å². The molecule has 4 nitrogen and oxygen atoms in total.